The average Bonchev–Trinajstić information content (AvgIpc) is 3.48. The zero-order valence-electron chi connectivity index (χ0n) is 18.1. The molecule has 0 spiro atoms. The molecule has 0 unspecified atom stereocenters. The molecule has 3 aromatic heterocycles. The van der Waals surface area contributed by atoms with Crippen molar-refractivity contribution < 1.29 is 13.9 Å². The van der Waals surface area contributed by atoms with Crippen molar-refractivity contribution in [1.29, 1.82) is 0 Å². The van der Waals surface area contributed by atoms with Gasteiger partial charge in [-0.2, -0.15) is 0 Å². The van der Waals surface area contributed by atoms with Crippen LogP contribution in [0.1, 0.15) is 29.0 Å². The number of hydrogen-bond acceptors (Lipinski definition) is 6. The molecule has 0 bridgehead atoms. The maximum Gasteiger partial charge on any atom is 0.333 e. The second kappa shape index (κ2) is 8.74. The monoisotopic (exact) mass is 465 g/mol. The summed E-state index contributed by atoms with van der Waals surface area (Å²) in [6, 6.07) is 10.4. The molecule has 4 aromatic rings. The number of carbonyl (C=O) groups excluding carboxylic acids is 1. The summed E-state index contributed by atoms with van der Waals surface area (Å²) in [5.74, 6) is 0.838. The van der Waals surface area contributed by atoms with Crippen molar-refractivity contribution in [2.24, 2.45) is 0 Å². The Morgan fingerprint density at radius 2 is 1.91 bits per heavy atom. The van der Waals surface area contributed by atoms with Gasteiger partial charge in [0, 0.05) is 10.6 Å². The largest absolute Gasteiger partial charge is 0.497 e. The van der Waals surface area contributed by atoms with Crippen molar-refractivity contribution >= 4 is 33.1 Å². The molecule has 0 fully saturated rings. The van der Waals surface area contributed by atoms with Crippen molar-refractivity contribution in [2.45, 2.75) is 38.8 Å². The van der Waals surface area contributed by atoms with E-state index in [4.69, 9.17) is 9.15 Å². The molecule has 170 valence electrons. The number of methoxy groups -OCH3 is 1. The number of amides is 1. The van der Waals surface area contributed by atoms with E-state index in [9.17, 15) is 14.4 Å². The molecule has 1 aliphatic carbocycles. The summed E-state index contributed by atoms with van der Waals surface area (Å²) in [5.41, 5.74) is 0.772. The first-order valence-corrected chi connectivity index (χ1v) is 11.6. The standard InChI is InChI=1S/C24H23N3O5S/c1-31-16-10-8-15(9-11-16)25-20(28)14-27-23-21(18-6-2-3-7-19(18)33-23)22(29)26(24(27)30)13-17-5-4-12-32-17/h4-5,8-12H,2-3,6-7,13-14H2,1H3,(H,25,28). The molecule has 9 heteroatoms. The smallest absolute Gasteiger partial charge is 0.333 e. The molecule has 8 nitrogen and oxygen atoms in total. The molecule has 1 aliphatic rings. The third-order valence-corrected chi connectivity index (χ3v) is 7.20. The van der Waals surface area contributed by atoms with Crippen LogP contribution in [0.4, 0.5) is 5.69 Å². The summed E-state index contributed by atoms with van der Waals surface area (Å²) in [7, 11) is 1.57. The number of fused-ring (bicyclic) bond motifs is 3. The van der Waals surface area contributed by atoms with Gasteiger partial charge in [-0.25, -0.2) is 4.79 Å². The SMILES string of the molecule is COc1ccc(NC(=O)Cn2c(=O)n(Cc3ccco3)c(=O)c3c4c(sc32)CCCC4)cc1. The van der Waals surface area contributed by atoms with Crippen LogP contribution in [0.3, 0.4) is 0 Å². The minimum Gasteiger partial charge on any atom is -0.497 e. The molecule has 1 aromatic carbocycles. The summed E-state index contributed by atoms with van der Waals surface area (Å²) in [4.78, 5) is 41.4. The summed E-state index contributed by atoms with van der Waals surface area (Å²) >= 11 is 1.45. The molecule has 1 N–H and O–H groups in total. The molecule has 3 heterocycles. The molecular weight excluding hydrogens is 442 g/mol. The van der Waals surface area contributed by atoms with Gasteiger partial charge in [-0.05, 0) is 67.6 Å². The lowest BCUT2D eigenvalue weighted by Gasteiger charge is -2.13. The minimum atomic E-state index is -0.521. The first kappa shape index (κ1) is 21.3. The predicted molar refractivity (Wildman–Crippen MR) is 126 cm³/mol. The van der Waals surface area contributed by atoms with Gasteiger partial charge in [0.25, 0.3) is 5.56 Å². The molecular formula is C24H23N3O5S. The van der Waals surface area contributed by atoms with Crippen molar-refractivity contribution in [2.75, 3.05) is 12.4 Å². The van der Waals surface area contributed by atoms with Gasteiger partial charge in [0.15, 0.2) is 0 Å². The topological polar surface area (TPSA) is 95.5 Å². The second-order valence-electron chi connectivity index (χ2n) is 8.01. The highest BCUT2D eigenvalue weighted by molar-refractivity contribution is 7.18. The number of aromatic nitrogens is 2. The van der Waals surface area contributed by atoms with Crippen molar-refractivity contribution in [3.8, 4) is 5.75 Å². The number of furan rings is 1. The van der Waals surface area contributed by atoms with Crippen molar-refractivity contribution in [3.63, 3.8) is 0 Å². The summed E-state index contributed by atoms with van der Waals surface area (Å²) in [6.45, 7) is -0.176. The van der Waals surface area contributed by atoms with Crippen LogP contribution in [-0.4, -0.2) is 22.2 Å². The van der Waals surface area contributed by atoms with Crippen molar-refractivity contribution in [3.05, 3.63) is 79.7 Å². The van der Waals surface area contributed by atoms with Gasteiger partial charge < -0.3 is 14.5 Å². The van der Waals surface area contributed by atoms with Gasteiger partial charge in [-0.3, -0.25) is 18.7 Å². The lowest BCUT2D eigenvalue weighted by molar-refractivity contribution is -0.116. The Balaban J connectivity index is 1.57. The minimum absolute atomic E-state index is 0.0192. The number of rotatable bonds is 6. The molecule has 5 rings (SSSR count). The van der Waals surface area contributed by atoms with E-state index in [0.717, 1.165) is 36.1 Å². The van der Waals surface area contributed by atoms with E-state index < -0.39 is 5.69 Å². The number of thiophene rings is 1. The van der Waals surface area contributed by atoms with Gasteiger partial charge in [-0.15, -0.1) is 11.3 Å². The van der Waals surface area contributed by atoms with Gasteiger partial charge in [0.2, 0.25) is 5.91 Å². The zero-order chi connectivity index (χ0) is 22.9. The number of nitrogens with one attached hydrogen (secondary N) is 1. The third-order valence-electron chi connectivity index (χ3n) is 5.89. The van der Waals surface area contributed by atoms with Crippen LogP contribution in [0.5, 0.6) is 5.75 Å². The van der Waals surface area contributed by atoms with Crippen molar-refractivity contribution in [1.82, 2.24) is 9.13 Å². The summed E-state index contributed by atoms with van der Waals surface area (Å²) in [6.07, 6.45) is 5.27. The van der Waals surface area contributed by atoms with Gasteiger partial charge in [-0.1, -0.05) is 0 Å². The fraction of sp³-hybridized carbons (Fsp3) is 0.292. The molecule has 0 atom stereocenters. The van der Waals surface area contributed by atoms with Crippen LogP contribution >= 0.6 is 11.3 Å². The summed E-state index contributed by atoms with van der Waals surface area (Å²) < 4.78 is 13.1. The number of aryl methyl sites for hydroxylation is 2. The Hall–Kier alpha value is -3.59. The lowest BCUT2D eigenvalue weighted by Crippen LogP contribution is -2.41. The van der Waals surface area contributed by atoms with E-state index >= 15 is 0 Å². The second-order valence-corrected chi connectivity index (χ2v) is 9.09. The first-order chi connectivity index (χ1) is 16.0. The first-order valence-electron chi connectivity index (χ1n) is 10.8. The number of nitrogens with zero attached hydrogens (tertiary/aromatic N) is 2. The highest BCUT2D eigenvalue weighted by Gasteiger charge is 2.24. The maximum atomic E-state index is 13.4. The number of benzene rings is 1. The number of anilines is 1. The van der Waals surface area contributed by atoms with Crippen LogP contribution < -0.4 is 21.3 Å². The maximum absolute atomic E-state index is 13.4. The Kier molecular flexibility index (Phi) is 5.63. The van der Waals surface area contributed by atoms with E-state index in [1.807, 2.05) is 0 Å². The average molecular weight is 466 g/mol. The Morgan fingerprint density at radius 1 is 1.12 bits per heavy atom. The van der Waals surface area contributed by atoms with Crippen LogP contribution in [0, 0.1) is 0 Å². The molecule has 0 saturated carbocycles. The molecule has 0 aliphatic heterocycles. The molecule has 1 amide bonds. The van der Waals surface area contributed by atoms with Crippen LogP contribution in [0.2, 0.25) is 0 Å². The normalized spacial score (nSPS) is 13.1. The van der Waals surface area contributed by atoms with Crippen LogP contribution in [0.15, 0.2) is 56.7 Å². The van der Waals surface area contributed by atoms with Gasteiger partial charge >= 0.3 is 5.69 Å². The molecule has 0 saturated heterocycles. The predicted octanol–water partition coefficient (Wildman–Crippen LogP) is 3.39. The Labute approximate surface area is 193 Å². The highest BCUT2D eigenvalue weighted by atomic mass is 32.1. The number of carbonyl (C=O) groups is 1. The highest BCUT2D eigenvalue weighted by Crippen LogP contribution is 2.34. The van der Waals surface area contributed by atoms with E-state index in [1.165, 1.54) is 26.7 Å². The van der Waals surface area contributed by atoms with E-state index in [-0.39, 0.29) is 24.6 Å². The fourth-order valence-electron chi connectivity index (χ4n) is 4.27. The van der Waals surface area contributed by atoms with E-state index in [1.54, 1.807) is 43.5 Å². The van der Waals surface area contributed by atoms with Gasteiger partial charge in [0.1, 0.15) is 22.9 Å². The fourth-order valence-corrected chi connectivity index (χ4v) is 5.64. The molecule has 33 heavy (non-hydrogen) atoms. The third kappa shape index (κ3) is 4.00. The number of ether oxygens (including phenoxy) is 1. The van der Waals surface area contributed by atoms with Crippen LogP contribution in [-0.2, 0) is 30.7 Å². The Bertz CT molecular complexity index is 1430. The quantitative estimate of drug-likeness (QED) is 0.471. The summed E-state index contributed by atoms with van der Waals surface area (Å²) in [5, 5.41) is 3.37. The molecule has 0 radical (unpaired) electrons. The Morgan fingerprint density at radius 3 is 2.64 bits per heavy atom. The van der Waals surface area contributed by atoms with Gasteiger partial charge in [0.05, 0.1) is 25.3 Å². The number of hydrogen-bond donors (Lipinski definition) is 1. The van der Waals surface area contributed by atoms with Crippen LogP contribution in [0.25, 0.3) is 10.2 Å². The zero-order valence-corrected chi connectivity index (χ0v) is 18.9. The van der Waals surface area contributed by atoms with E-state index in [2.05, 4.69) is 5.32 Å². The van der Waals surface area contributed by atoms with E-state index in [0.29, 0.717) is 27.4 Å². The lowest BCUT2D eigenvalue weighted by atomic mass is 9.97.